The molecule has 0 aliphatic carbocycles. The fourth-order valence-corrected chi connectivity index (χ4v) is 7.07. The zero-order valence-corrected chi connectivity index (χ0v) is 23.5. The third kappa shape index (κ3) is 6.18. The fourth-order valence-electron chi connectivity index (χ4n) is 5.25. The second-order valence-electron chi connectivity index (χ2n) is 10.7. The van der Waals surface area contributed by atoms with Crippen LogP contribution in [0.1, 0.15) is 79.6 Å². The van der Waals surface area contributed by atoms with Crippen LogP contribution in [0, 0.1) is 12.8 Å². The van der Waals surface area contributed by atoms with Crippen LogP contribution in [0.15, 0.2) is 30.5 Å². The lowest BCUT2D eigenvalue weighted by Crippen LogP contribution is -2.54. The van der Waals surface area contributed by atoms with Gasteiger partial charge in [-0.25, -0.2) is 14.1 Å². The minimum absolute atomic E-state index is 0.0585. The van der Waals surface area contributed by atoms with Crippen molar-refractivity contribution in [2.75, 3.05) is 13.1 Å². The minimum Gasteiger partial charge on any atom is -0.476 e. The highest BCUT2D eigenvalue weighted by Crippen LogP contribution is 2.33. The fraction of sp³-hybridized carbons (Fsp3) is 0.519. The predicted molar refractivity (Wildman–Crippen MR) is 148 cm³/mol. The van der Waals surface area contributed by atoms with Gasteiger partial charge in [-0.1, -0.05) is 44.9 Å². The maximum atomic E-state index is 14.3. The smallest absolute Gasteiger partial charge is 0.356 e. The number of nitrogens with two attached hydrogens (primary N) is 1. The Morgan fingerprint density at radius 1 is 1.15 bits per heavy atom. The second-order valence-corrected chi connectivity index (χ2v) is 12.5. The number of imidazole rings is 1. The Bertz CT molecular complexity index is 1420. The van der Waals surface area contributed by atoms with E-state index in [4.69, 9.17) is 5.73 Å². The number of fused-ring (bicyclic) bond motifs is 1. The third-order valence-electron chi connectivity index (χ3n) is 7.19. The molecular weight excluding hydrogens is 520 g/mol. The Kier molecular flexibility index (Phi) is 8.77. The molecule has 212 valence electrons. The van der Waals surface area contributed by atoms with Crippen LogP contribution in [0.2, 0.25) is 0 Å². The number of H-pyrrole nitrogens is 2. The Labute approximate surface area is 229 Å². The molecule has 3 heterocycles. The first-order valence-corrected chi connectivity index (χ1v) is 14.8. The van der Waals surface area contributed by atoms with Crippen molar-refractivity contribution >= 4 is 33.0 Å². The van der Waals surface area contributed by atoms with E-state index < -0.39 is 34.2 Å². The van der Waals surface area contributed by atoms with Crippen LogP contribution in [0.25, 0.3) is 10.9 Å². The molecular formula is C27H38N6O5S. The minimum atomic E-state index is -4.34. The van der Waals surface area contributed by atoms with E-state index in [1.54, 1.807) is 13.1 Å². The van der Waals surface area contributed by atoms with Crippen molar-refractivity contribution in [3.8, 4) is 0 Å². The van der Waals surface area contributed by atoms with Gasteiger partial charge in [0.1, 0.15) is 11.9 Å². The second kappa shape index (κ2) is 11.9. The highest BCUT2D eigenvalue weighted by atomic mass is 32.2. The number of carbonyl (C=O) groups excluding carboxylic acids is 1. The molecule has 0 saturated carbocycles. The largest absolute Gasteiger partial charge is 0.476 e. The summed E-state index contributed by atoms with van der Waals surface area (Å²) in [6, 6.07) is 5.38. The number of aromatic nitrogens is 3. The molecule has 12 heteroatoms. The Morgan fingerprint density at radius 2 is 1.82 bits per heavy atom. The number of nitrogens with zero attached hydrogens (tertiary/aromatic N) is 3. The number of carboxylic acid groups (broad SMARTS) is 1. The molecule has 0 bridgehead atoms. The Morgan fingerprint density at radius 3 is 2.44 bits per heavy atom. The summed E-state index contributed by atoms with van der Waals surface area (Å²) in [6.45, 7) is 5.98. The summed E-state index contributed by atoms with van der Waals surface area (Å²) in [7, 11) is -4.34. The van der Waals surface area contributed by atoms with Gasteiger partial charge in [0, 0.05) is 42.3 Å². The molecule has 1 saturated heterocycles. The number of aryl methyl sites for hydroxylation is 1. The molecule has 11 nitrogen and oxygen atoms in total. The number of carboxylic acids is 1. The number of aromatic carboxylic acids is 1. The molecule has 0 spiro atoms. The first-order valence-electron chi connectivity index (χ1n) is 13.4. The van der Waals surface area contributed by atoms with Crippen molar-refractivity contribution in [3.05, 3.63) is 53.2 Å². The topological polar surface area (TPSA) is 165 Å². The lowest BCUT2D eigenvalue weighted by Gasteiger charge is -2.35. The SMILES string of the molecule is Cc1[nH]c([C@@H](Cc2c[nH]c3ccccc23)N(C(=O)[C@@H](N)CC(C)C)S(=O)(=O)N2CCCCCC2)nc1C(=O)O. The third-order valence-corrected chi connectivity index (χ3v) is 9.14. The molecule has 3 aromatic rings. The first kappa shape index (κ1) is 28.8. The molecule has 1 aliphatic rings. The van der Waals surface area contributed by atoms with Crippen LogP contribution in [-0.4, -0.2) is 68.1 Å². The van der Waals surface area contributed by atoms with E-state index in [1.807, 2.05) is 38.1 Å². The highest BCUT2D eigenvalue weighted by molar-refractivity contribution is 7.87. The molecule has 1 aliphatic heterocycles. The van der Waals surface area contributed by atoms with Crippen molar-refractivity contribution in [3.63, 3.8) is 0 Å². The standard InChI is InChI=1S/C27H38N6O5S/c1-17(2)14-21(28)26(34)33(39(37,38)32-12-8-4-5-9-13-32)23(25-30-18(3)24(31-25)27(35)36)15-19-16-29-22-11-7-6-10-20(19)22/h6-7,10-11,16-17,21,23,29H,4-5,8-9,12-15,28H2,1-3H3,(H,30,31)(H,35,36)/t21-,23+/m0/s1. The monoisotopic (exact) mass is 558 g/mol. The highest BCUT2D eigenvalue weighted by Gasteiger charge is 2.43. The number of rotatable bonds is 10. The Balaban J connectivity index is 1.89. The van der Waals surface area contributed by atoms with Gasteiger partial charge < -0.3 is 20.8 Å². The molecule has 2 aromatic heterocycles. The zero-order valence-electron chi connectivity index (χ0n) is 22.7. The van der Waals surface area contributed by atoms with Crippen LogP contribution in [0.4, 0.5) is 0 Å². The molecule has 0 radical (unpaired) electrons. The van der Waals surface area contributed by atoms with Gasteiger partial charge in [0.25, 0.3) is 5.91 Å². The molecule has 4 rings (SSSR count). The van der Waals surface area contributed by atoms with Crippen molar-refractivity contribution in [1.82, 2.24) is 23.6 Å². The number of carbonyl (C=O) groups is 2. The van der Waals surface area contributed by atoms with Crippen LogP contribution < -0.4 is 5.73 Å². The average Bonchev–Trinajstić information content (AvgIpc) is 3.34. The van der Waals surface area contributed by atoms with Gasteiger partial charge in [-0.2, -0.15) is 12.7 Å². The van der Waals surface area contributed by atoms with Crippen molar-refractivity contribution < 1.29 is 23.1 Å². The number of aromatic amines is 2. The predicted octanol–water partition coefficient (Wildman–Crippen LogP) is 3.50. The average molecular weight is 559 g/mol. The molecule has 2 atom stereocenters. The van der Waals surface area contributed by atoms with Gasteiger partial charge in [0.05, 0.1) is 6.04 Å². The lowest BCUT2D eigenvalue weighted by molar-refractivity contribution is -0.130. The summed E-state index contributed by atoms with van der Waals surface area (Å²) in [6.07, 6.45) is 5.34. The molecule has 1 aromatic carbocycles. The van der Waals surface area contributed by atoms with Crippen molar-refractivity contribution in [2.45, 2.75) is 71.4 Å². The normalized spacial score (nSPS) is 16.7. The number of benzene rings is 1. The van der Waals surface area contributed by atoms with Gasteiger partial charge in [0.15, 0.2) is 5.69 Å². The van der Waals surface area contributed by atoms with Gasteiger partial charge >= 0.3 is 16.2 Å². The number of amides is 1. The number of para-hydroxylation sites is 1. The van der Waals surface area contributed by atoms with E-state index in [9.17, 15) is 23.1 Å². The van der Waals surface area contributed by atoms with Crippen molar-refractivity contribution in [1.29, 1.82) is 0 Å². The van der Waals surface area contributed by atoms with E-state index >= 15 is 0 Å². The van der Waals surface area contributed by atoms with E-state index in [1.165, 1.54) is 4.31 Å². The van der Waals surface area contributed by atoms with E-state index in [0.29, 0.717) is 32.4 Å². The Hall–Kier alpha value is -3.22. The summed E-state index contributed by atoms with van der Waals surface area (Å²) >= 11 is 0. The molecule has 1 fully saturated rings. The van der Waals surface area contributed by atoms with Gasteiger partial charge in [-0.05, 0) is 43.7 Å². The van der Waals surface area contributed by atoms with Gasteiger partial charge in [-0.3, -0.25) is 4.79 Å². The van der Waals surface area contributed by atoms with Crippen LogP contribution in [0.5, 0.6) is 0 Å². The number of nitrogens with one attached hydrogen (secondary N) is 2. The number of hydrogen-bond donors (Lipinski definition) is 4. The van der Waals surface area contributed by atoms with E-state index in [0.717, 1.165) is 33.6 Å². The van der Waals surface area contributed by atoms with Gasteiger partial charge in [-0.15, -0.1) is 0 Å². The van der Waals surface area contributed by atoms with Crippen LogP contribution >= 0.6 is 0 Å². The quantitative estimate of drug-likeness (QED) is 0.295. The molecule has 0 unspecified atom stereocenters. The first-order chi connectivity index (χ1) is 18.5. The van der Waals surface area contributed by atoms with Crippen LogP contribution in [0.3, 0.4) is 0 Å². The summed E-state index contributed by atoms with van der Waals surface area (Å²) < 4.78 is 30.9. The zero-order chi connectivity index (χ0) is 28.3. The molecule has 39 heavy (non-hydrogen) atoms. The summed E-state index contributed by atoms with van der Waals surface area (Å²) in [5.41, 5.74) is 8.01. The maximum absolute atomic E-state index is 14.3. The van der Waals surface area contributed by atoms with Crippen molar-refractivity contribution in [2.24, 2.45) is 11.7 Å². The summed E-state index contributed by atoms with van der Waals surface area (Å²) in [4.78, 5) is 36.3. The van der Waals surface area contributed by atoms with E-state index in [2.05, 4.69) is 15.0 Å². The van der Waals surface area contributed by atoms with Crippen LogP contribution in [-0.2, 0) is 21.4 Å². The molecule has 5 N–H and O–H groups in total. The molecule has 1 amide bonds. The maximum Gasteiger partial charge on any atom is 0.356 e. The number of hydrogen-bond acceptors (Lipinski definition) is 6. The van der Waals surface area contributed by atoms with Gasteiger partial charge in [0.2, 0.25) is 0 Å². The lowest BCUT2D eigenvalue weighted by atomic mass is 10.0. The van der Waals surface area contributed by atoms with E-state index in [-0.39, 0.29) is 29.6 Å². The summed E-state index contributed by atoms with van der Waals surface area (Å²) in [5, 5.41) is 10.5. The summed E-state index contributed by atoms with van der Waals surface area (Å²) in [5.74, 6) is -1.84.